The number of nitrogens with zero attached hydrogens (tertiary/aromatic N) is 1. The summed E-state index contributed by atoms with van der Waals surface area (Å²) in [7, 11) is 0. The lowest BCUT2D eigenvalue weighted by Gasteiger charge is -2.06. The molecule has 0 aliphatic heterocycles. The van der Waals surface area contributed by atoms with Crippen LogP contribution in [0.15, 0.2) is 72.9 Å². The average molecular weight is 315 g/mol. The lowest BCUT2D eigenvalue weighted by atomic mass is 9.98. The number of hydrogen-bond acceptors (Lipinski definition) is 3. The minimum Gasteiger partial charge on any atom is -0.295 e. The van der Waals surface area contributed by atoms with Crippen molar-refractivity contribution in [3.63, 3.8) is 0 Å². The van der Waals surface area contributed by atoms with E-state index in [4.69, 9.17) is 0 Å². The van der Waals surface area contributed by atoms with Gasteiger partial charge in [0.2, 0.25) is 0 Å². The Balaban J connectivity index is 1.82. The first-order valence-electron chi connectivity index (χ1n) is 7.78. The Morgan fingerprint density at radius 2 is 1.58 bits per heavy atom. The lowest BCUT2D eigenvalue weighted by Crippen LogP contribution is -2.03. The number of rotatable bonds is 5. The van der Waals surface area contributed by atoms with Crippen LogP contribution in [-0.2, 0) is 6.42 Å². The van der Waals surface area contributed by atoms with Crippen LogP contribution in [0, 0.1) is 0 Å². The Kier molecular flexibility index (Phi) is 4.62. The molecule has 0 fully saturated rings. The van der Waals surface area contributed by atoms with Crippen molar-refractivity contribution in [3.8, 4) is 0 Å². The van der Waals surface area contributed by atoms with Gasteiger partial charge in [-0.15, -0.1) is 0 Å². The Morgan fingerprint density at radius 1 is 0.833 bits per heavy atom. The molecule has 24 heavy (non-hydrogen) atoms. The summed E-state index contributed by atoms with van der Waals surface area (Å²) in [4.78, 5) is 28.3. The lowest BCUT2D eigenvalue weighted by molar-refractivity contribution is 0.101. The molecular formula is C21H17NO2. The Bertz CT molecular complexity index is 868. The Labute approximate surface area is 141 Å². The predicted molar refractivity (Wildman–Crippen MR) is 93.4 cm³/mol. The molecule has 0 unspecified atom stereocenters. The van der Waals surface area contributed by atoms with Crippen molar-refractivity contribution in [2.75, 3.05) is 0 Å². The van der Waals surface area contributed by atoms with Crippen LogP contribution in [0.4, 0.5) is 0 Å². The molecule has 3 rings (SSSR count). The fourth-order valence-electron chi connectivity index (χ4n) is 2.56. The maximum absolute atomic E-state index is 12.6. The van der Waals surface area contributed by atoms with Gasteiger partial charge in [0.15, 0.2) is 11.6 Å². The van der Waals surface area contributed by atoms with Gasteiger partial charge in [-0.1, -0.05) is 48.5 Å². The first-order chi connectivity index (χ1) is 11.6. The van der Waals surface area contributed by atoms with E-state index in [9.17, 15) is 9.59 Å². The topological polar surface area (TPSA) is 47.0 Å². The van der Waals surface area contributed by atoms with E-state index in [1.54, 1.807) is 30.5 Å². The standard InChI is InChI=1S/C21H17NO2/c1-15(23)17-8-10-18(11-9-17)21(24)19-6-4-5-16(13-19)14-20-7-2-3-12-22-20/h2-13H,14H2,1H3. The molecule has 3 nitrogen and oxygen atoms in total. The van der Waals surface area contributed by atoms with E-state index in [1.165, 1.54) is 6.92 Å². The Morgan fingerprint density at radius 3 is 2.25 bits per heavy atom. The summed E-state index contributed by atoms with van der Waals surface area (Å²) in [5.74, 6) is -0.0562. The molecule has 0 aliphatic rings. The predicted octanol–water partition coefficient (Wildman–Crippen LogP) is 4.11. The van der Waals surface area contributed by atoms with Gasteiger partial charge in [-0.05, 0) is 30.7 Å². The van der Waals surface area contributed by atoms with Gasteiger partial charge in [-0.3, -0.25) is 14.6 Å². The summed E-state index contributed by atoms with van der Waals surface area (Å²) < 4.78 is 0. The van der Waals surface area contributed by atoms with Crippen molar-refractivity contribution >= 4 is 11.6 Å². The van der Waals surface area contributed by atoms with E-state index in [0.717, 1.165) is 11.3 Å². The van der Waals surface area contributed by atoms with Gasteiger partial charge >= 0.3 is 0 Å². The molecule has 2 aromatic carbocycles. The van der Waals surface area contributed by atoms with Gasteiger partial charge < -0.3 is 0 Å². The number of hydrogen-bond donors (Lipinski definition) is 0. The van der Waals surface area contributed by atoms with Crippen LogP contribution >= 0.6 is 0 Å². The fourth-order valence-corrected chi connectivity index (χ4v) is 2.56. The van der Waals surface area contributed by atoms with Crippen molar-refractivity contribution < 1.29 is 9.59 Å². The van der Waals surface area contributed by atoms with Gasteiger partial charge in [-0.2, -0.15) is 0 Å². The van der Waals surface area contributed by atoms with E-state index in [1.807, 2.05) is 42.5 Å². The smallest absolute Gasteiger partial charge is 0.193 e. The van der Waals surface area contributed by atoms with E-state index in [0.29, 0.717) is 23.1 Å². The molecule has 0 radical (unpaired) electrons. The number of carbonyl (C=O) groups is 2. The van der Waals surface area contributed by atoms with Crippen molar-refractivity contribution in [2.45, 2.75) is 13.3 Å². The van der Waals surface area contributed by atoms with Crippen molar-refractivity contribution in [3.05, 3.63) is 101 Å². The van der Waals surface area contributed by atoms with Crippen molar-refractivity contribution in [1.29, 1.82) is 0 Å². The molecule has 0 saturated carbocycles. The van der Waals surface area contributed by atoms with Gasteiger partial charge in [0.25, 0.3) is 0 Å². The highest BCUT2D eigenvalue weighted by molar-refractivity contribution is 6.09. The minimum atomic E-state index is -0.0482. The first-order valence-corrected chi connectivity index (χ1v) is 7.78. The number of pyridine rings is 1. The van der Waals surface area contributed by atoms with Crippen LogP contribution in [0.3, 0.4) is 0 Å². The van der Waals surface area contributed by atoms with Crippen molar-refractivity contribution in [2.24, 2.45) is 0 Å². The van der Waals surface area contributed by atoms with E-state index in [2.05, 4.69) is 4.98 Å². The maximum atomic E-state index is 12.6. The number of ketones is 2. The molecule has 0 amide bonds. The van der Waals surface area contributed by atoms with Crippen LogP contribution in [0.5, 0.6) is 0 Å². The van der Waals surface area contributed by atoms with Crippen LogP contribution in [0.25, 0.3) is 0 Å². The molecule has 1 aromatic heterocycles. The summed E-state index contributed by atoms with van der Waals surface area (Å²) in [6.45, 7) is 1.51. The molecule has 0 aliphatic carbocycles. The zero-order valence-corrected chi connectivity index (χ0v) is 13.4. The number of carbonyl (C=O) groups excluding carboxylic acids is 2. The third-order valence-corrected chi connectivity index (χ3v) is 3.85. The second kappa shape index (κ2) is 7.01. The van der Waals surface area contributed by atoms with E-state index < -0.39 is 0 Å². The van der Waals surface area contributed by atoms with Crippen LogP contribution in [0.2, 0.25) is 0 Å². The van der Waals surface area contributed by atoms with E-state index in [-0.39, 0.29) is 11.6 Å². The molecule has 118 valence electrons. The van der Waals surface area contributed by atoms with Crippen LogP contribution in [-0.4, -0.2) is 16.6 Å². The zero-order valence-electron chi connectivity index (χ0n) is 13.4. The van der Waals surface area contributed by atoms with Gasteiger partial charge in [-0.25, -0.2) is 0 Å². The maximum Gasteiger partial charge on any atom is 0.193 e. The zero-order chi connectivity index (χ0) is 16.9. The highest BCUT2D eigenvalue weighted by Gasteiger charge is 2.10. The van der Waals surface area contributed by atoms with Crippen molar-refractivity contribution in [1.82, 2.24) is 4.98 Å². The summed E-state index contributed by atoms with van der Waals surface area (Å²) in [6, 6.07) is 20.2. The highest BCUT2D eigenvalue weighted by atomic mass is 16.1. The van der Waals surface area contributed by atoms with E-state index >= 15 is 0 Å². The SMILES string of the molecule is CC(=O)c1ccc(C(=O)c2cccc(Cc3ccccn3)c2)cc1. The van der Waals surface area contributed by atoms with Crippen LogP contribution < -0.4 is 0 Å². The molecule has 0 N–H and O–H groups in total. The fraction of sp³-hybridized carbons (Fsp3) is 0.0952. The molecule has 0 atom stereocenters. The number of Topliss-reactive ketones (excluding diaryl/α,β-unsaturated/α-hetero) is 1. The summed E-state index contributed by atoms with van der Waals surface area (Å²) in [6.07, 6.45) is 2.45. The summed E-state index contributed by atoms with van der Waals surface area (Å²) >= 11 is 0. The number of aromatic nitrogens is 1. The molecule has 1 heterocycles. The quantitative estimate of drug-likeness (QED) is 0.666. The number of benzene rings is 2. The third-order valence-electron chi connectivity index (χ3n) is 3.85. The first kappa shape index (κ1) is 15.8. The molecule has 3 aromatic rings. The third kappa shape index (κ3) is 3.63. The second-order valence-electron chi connectivity index (χ2n) is 5.66. The molecule has 0 bridgehead atoms. The van der Waals surface area contributed by atoms with Crippen LogP contribution in [0.1, 0.15) is 44.5 Å². The highest BCUT2D eigenvalue weighted by Crippen LogP contribution is 2.15. The van der Waals surface area contributed by atoms with Gasteiger partial charge in [0.05, 0.1) is 0 Å². The molecule has 0 saturated heterocycles. The molecular weight excluding hydrogens is 298 g/mol. The monoisotopic (exact) mass is 315 g/mol. The largest absolute Gasteiger partial charge is 0.295 e. The Hall–Kier alpha value is -3.07. The van der Waals surface area contributed by atoms with Gasteiger partial charge in [0.1, 0.15) is 0 Å². The minimum absolute atomic E-state index is 0.00800. The van der Waals surface area contributed by atoms with Gasteiger partial charge in [0, 0.05) is 35.0 Å². The summed E-state index contributed by atoms with van der Waals surface area (Å²) in [5.41, 5.74) is 3.83. The summed E-state index contributed by atoms with van der Waals surface area (Å²) in [5, 5.41) is 0. The normalized spacial score (nSPS) is 10.4. The second-order valence-corrected chi connectivity index (χ2v) is 5.66. The average Bonchev–Trinajstić information content (AvgIpc) is 2.62. The molecule has 3 heteroatoms. The molecule has 0 spiro atoms.